The van der Waals surface area contributed by atoms with Gasteiger partial charge in [-0.25, -0.2) is 0 Å². The SMILES string of the molecule is CC1CCC2=C(C1)c1c(O)cc(C(C)CCCN(C)C)cc1OC2(C)C. The van der Waals surface area contributed by atoms with Gasteiger partial charge in [-0.1, -0.05) is 13.8 Å². The fraction of sp³-hybridized carbons (Fsp3) is 0.652. The van der Waals surface area contributed by atoms with E-state index in [4.69, 9.17) is 4.74 Å². The molecule has 1 aliphatic carbocycles. The Labute approximate surface area is 159 Å². The van der Waals surface area contributed by atoms with Crippen LogP contribution >= 0.6 is 0 Å². The molecule has 0 saturated heterocycles. The van der Waals surface area contributed by atoms with Gasteiger partial charge in [0.25, 0.3) is 0 Å². The first kappa shape index (κ1) is 19.3. The standard InChI is InChI=1S/C23H35NO2/c1-15-9-10-19-18(12-15)22-20(25)13-17(14-21(22)26-23(19,3)4)16(2)8-7-11-24(5)6/h13-16,25H,7-12H2,1-6H3. The summed E-state index contributed by atoms with van der Waals surface area (Å²) in [5.41, 5.74) is 4.57. The smallest absolute Gasteiger partial charge is 0.132 e. The van der Waals surface area contributed by atoms with Crippen molar-refractivity contribution in [2.45, 2.75) is 71.3 Å². The molecule has 0 saturated carbocycles. The molecule has 144 valence electrons. The van der Waals surface area contributed by atoms with E-state index in [-0.39, 0.29) is 5.60 Å². The van der Waals surface area contributed by atoms with Gasteiger partial charge in [-0.05, 0) is 107 Å². The average Bonchev–Trinajstić information content (AvgIpc) is 2.52. The summed E-state index contributed by atoms with van der Waals surface area (Å²) < 4.78 is 6.41. The summed E-state index contributed by atoms with van der Waals surface area (Å²) in [6.45, 7) is 10.00. The first-order chi connectivity index (χ1) is 12.2. The predicted octanol–water partition coefficient (Wildman–Crippen LogP) is 5.58. The molecule has 1 aromatic carbocycles. The Balaban J connectivity index is 1.93. The van der Waals surface area contributed by atoms with Gasteiger partial charge in [0.05, 0.1) is 5.56 Å². The fourth-order valence-corrected chi connectivity index (χ4v) is 4.54. The minimum atomic E-state index is -0.276. The number of benzene rings is 1. The topological polar surface area (TPSA) is 32.7 Å². The molecule has 1 heterocycles. The number of phenols is 1. The molecule has 0 spiro atoms. The Morgan fingerprint density at radius 1 is 1.31 bits per heavy atom. The van der Waals surface area contributed by atoms with Crippen LogP contribution < -0.4 is 4.74 Å². The van der Waals surface area contributed by atoms with E-state index in [2.05, 4.69) is 52.8 Å². The van der Waals surface area contributed by atoms with Crippen LogP contribution in [0.25, 0.3) is 5.57 Å². The summed E-state index contributed by atoms with van der Waals surface area (Å²) in [6, 6.07) is 4.16. The number of phenolic OH excluding ortho intramolecular Hbond substituents is 1. The number of aromatic hydroxyl groups is 1. The highest BCUT2D eigenvalue weighted by Gasteiger charge is 2.38. The van der Waals surface area contributed by atoms with Crippen molar-refractivity contribution in [1.82, 2.24) is 4.90 Å². The third-order valence-electron chi connectivity index (χ3n) is 6.11. The Morgan fingerprint density at radius 2 is 2.04 bits per heavy atom. The molecule has 0 bridgehead atoms. The van der Waals surface area contributed by atoms with Gasteiger partial charge in [0, 0.05) is 0 Å². The normalized spacial score (nSPS) is 22.7. The van der Waals surface area contributed by atoms with Crippen molar-refractivity contribution in [3.05, 3.63) is 28.8 Å². The van der Waals surface area contributed by atoms with E-state index in [0.29, 0.717) is 17.6 Å². The van der Waals surface area contributed by atoms with Crippen LogP contribution in [0.4, 0.5) is 0 Å². The van der Waals surface area contributed by atoms with Crippen molar-refractivity contribution >= 4 is 5.57 Å². The zero-order chi connectivity index (χ0) is 19.1. The molecular weight excluding hydrogens is 322 g/mol. The highest BCUT2D eigenvalue weighted by atomic mass is 16.5. The first-order valence-electron chi connectivity index (χ1n) is 10.1. The fourth-order valence-electron chi connectivity index (χ4n) is 4.54. The van der Waals surface area contributed by atoms with Gasteiger partial charge in [-0.15, -0.1) is 0 Å². The van der Waals surface area contributed by atoms with Crippen LogP contribution in [-0.2, 0) is 0 Å². The summed E-state index contributed by atoms with van der Waals surface area (Å²) in [6.07, 6.45) is 5.60. The Kier molecular flexibility index (Phi) is 5.39. The maximum absolute atomic E-state index is 10.9. The number of ether oxygens (including phenoxy) is 1. The second-order valence-corrected chi connectivity index (χ2v) is 9.18. The van der Waals surface area contributed by atoms with Gasteiger partial charge in [0.1, 0.15) is 17.1 Å². The summed E-state index contributed by atoms with van der Waals surface area (Å²) in [5, 5.41) is 10.9. The monoisotopic (exact) mass is 357 g/mol. The number of allylic oxidation sites excluding steroid dienone is 1. The summed E-state index contributed by atoms with van der Waals surface area (Å²) in [5.74, 6) is 2.35. The molecule has 1 aliphatic heterocycles. The molecule has 0 amide bonds. The van der Waals surface area contributed by atoms with Crippen LogP contribution in [0.15, 0.2) is 17.7 Å². The third-order valence-corrected chi connectivity index (χ3v) is 6.11. The molecule has 2 atom stereocenters. The van der Waals surface area contributed by atoms with Gasteiger partial charge in [-0.3, -0.25) is 0 Å². The lowest BCUT2D eigenvalue weighted by atomic mass is 9.74. The lowest BCUT2D eigenvalue weighted by Crippen LogP contribution is -2.36. The van der Waals surface area contributed by atoms with Gasteiger partial charge in [0.15, 0.2) is 0 Å². The average molecular weight is 358 g/mol. The summed E-state index contributed by atoms with van der Waals surface area (Å²) in [7, 11) is 4.23. The van der Waals surface area contributed by atoms with Crippen molar-refractivity contribution in [3.8, 4) is 11.5 Å². The second kappa shape index (κ2) is 7.26. The van der Waals surface area contributed by atoms with Crippen molar-refractivity contribution in [2.75, 3.05) is 20.6 Å². The lowest BCUT2D eigenvalue weighted by Gasteiger charge is -2.41. The zero-order valence-electron chi connectivity index (χ0n) is 17.4. The Bertz CT molecular complexity index is 702. The van der Waals surface area contributed by atoms with Crippen LogP contribution in [0, 0.1) is 5.92 Å². The molecule has 2 unspecified atom stereocenters. The maximum atomic E-state index is 10.9. The molecule has 1 N–H and O–H groups in total. The van der Waals surface area contributed by atoms with E-state index in [1.54, 1.807) is 0 Å². The van der Waals surface area contributed by atoms with E-state index in [1.165, 1.54) is 23.1 Å². The lowest BCUT2D eigenvalue weighted by molar-refractivity contribution is 0.135. The Morgan fingerprint density at radius 3 is 2.73 bits per heavy atom. The molecular formula is C23H35NO2. The maximum Gasteiger partial charge on any atom is 0.132 e. The molecule has 0 radical (unpaired) electrons. The number of rotatable bonds is 5. The van der Waals surface area contributed by atoms with Crippen LogP contribution in [0.1, 0.15) is 76.8 Å². The van der Waals surface area contributed by atoms with E-state index >= 15 is 0 Å². The number of fused-ring (bicyclic) bond motifs is 2. The molecule has 0 fully saturated rings. The minimum absolute atomic E-state index is 0.276. The largest absolute Gasteiger partial charge is 0.507 e. The van der Waals surface area contributed by atoms with E-state index in [9.17, 15) is 5.11 Å². The molecule has 1 aromatic rings. The minimum Gasteiger partial charge on any atom is -0.507 e. The third kappa shape index (κ3) is 3.78. The van der Waals surface area contributed by atoms with E-state index in [0.717, 1.165) is 43.5 Å². The zero-order valence-corrected chi connectivity index (χ0v) is 17.4. The first-order valence-corrected chi connectivity index (χ1v) is 10.1. The summed E-state index contributed by atoms with van der Waals surface area (Å²) >= 11 is 0. The van der Waals surface area contributed by atoms with Gasteiger partial charge < -0.3 is 14.7 Å². The second-order valence-electron chi connectivity index (χ2n) is 9.18. The van der Waals surface area contributed by atoms with Gasteiger partial charge >= 0.3 is 0 Å². The van der Waals surface area contributed by atoms with Crippen molar-refractivity contribution < 1.29 is 9.84 Å². The Hall–Kier alpha value is -1.48. The quantitative estimate of drug-likeness (QED) is 0.746. The van der Waals surface area contributed by atoms with E-state index < -0.39 is 0 Å². The van der Waals surface area contributed by atoms with Gasteiger partial charge in [-0.2, -0.15) is 0 Å². The number of nitrogens with zero attached hydrogens (tertiary/aromatic N) is 1. The predicted molar refractivity (Wildman–Crippen MR) is 109 cm³/mol. The van der Waals surface area contributed by atoms with Crippen LogP contribution in [-0.4, -0.2) is 36.2 Å². The highest BCUT2D eigenvalue weighted by molar-refractivity contribution is 5.81. The van der Waals surface area contributed by atoms with Crippen LogP contribution in [0.5, 0.6) is 11.5 Å². The van der Waals surface area contributed by atoms with Crippen molar-refractivity contribution in [1.29, 1.82) is 0 Å². The highest BCUT2D eigenvalue weighted by Crippen LogP contribution is 2.52. The molecule has 3 heteroatoms. The van der Waals surface area contributed by atoms with Gasteiger partial charge in [0.2, 0.25) is 0 Å². The molecule has 2 aliphatic rings. The number of hydrogen-bond acceptors (Lipinski definition) is 3. The number of hydrogen-bond donors (Lipinski definition) is 1. The molecule has 3 nitrogen and oxygen atoms in total. The molecule has 0 aromatic heterocycles. The molecule has 3 rings (SSSR count). The van der Waals surface area contributed by atoms with E-state index in [1.807, 2.05) is 6.07 Å². The van der Waals surface area contributed by atoms with Crippen molar-refractivity contribution in [2.24, 2.45) is 5.92 Å². The van der Waals surface area contributed by atoms with Crippen LogP contribution in [0.3, 0.4) is 0 Å². The van der Waals surface area contributed by atoms with Crippen molar-refractivity contribution in [3.63, 3.8) is 0 Å². The van der Waals surface area contributed by atoms with Crippen LogP contribution in [0.2, 0.25) is 0 Å². The summed E-state index contributed by atoms with van der Waals surface area (Å²) in [4.78, 5) is 2.22. The molecule has 26 heavy (non-hydrogen) atoms.